The molecule has 1 atom stereocenters. The summed E-state index contributed by atoms with van der Waals surface area (Å²) in [6.07, 6.45) is 0. The molecule has 0 aromatic carbocycles. The molecule has 0 radical (unpaired) electrons. The van der Waals surface area contributed by atoms with E-state index in [9.17, 15) is 0 Å². The standard InChI is InChI=1S/C11H16ClNO/c1-8(6-12)7-13-10(3)11-5-4-9(2)14-11/h4-6,10,13H,7H2,1-3H3/b8-6+. The van der Waals surface area contributed by atoms with E-state index in [1.165, 1.54) is 0 Å². The van der Waals surface area contributed by atoms with Crippen LogP contribution < -0.4 is 5.32 Å². The highest BCUT2D eigenvalue weighted by atomic mass is 35.5. The van der Waals surface area contributed by atoms with Gasteiger partial charge in [-0.1, -0.05) is 11.6 Å². The molecule has 0 saturated carbocycles. The lowest BCUT2D eigenvalue weighted by atomic mass is 10.2. The van der Waals surface area contributed by atoms with E-state index in [4.69, 9.17) is 16.0 Å². The predicted molar refractivity (Wildman–Crippen MR) is 59.5 cm³/mol. The van der Waals surface area contributed by atoms with E-state index in [1.54, 1.807) is 5.54 Å². The van der Waals surface area contributed by atoms with Crippen molar-refractivity contribution in [1.29, 1.82) is 0 Å². The van der Waals surface area contributed by atoms with Crippen LogP contribution >= 0.6 is 11.6 Å². The van der Waals surface area contributed by atoms with E-state index in [2.05, 4.69) is 12.2 Å². The largest absolute Gasteiger partial charge is 0.465 e. The van der Waals surface area contributed by atoms with Crippen molar-refractivity contribution in [3.8, 4) is 0 Å². The third kappa shape index (κ3) is 3.20. The molecule has 78 valence electrons. The minimum atomic E-state index is 0.218. The summed E-state index contributed by atoms with van der Waals surface area (Å²) >= 11 is 5.56. The Morgan fingerprint density at radius 2 is 2.36 bits per heavy atom. The third-order valence-electron chi connectivity index (χ3n) is 2.06. The van der Waals surface area contributed by atoms with Crippen LogP contribution in [0.25, 0.3) is 0 Å². The van der Waals surface area contributed by atoms with Crippen molar-refractivity contribution in [2.75, 3.05) is 6.54 Å². The Bertz CT molecular complexity index is 317. The molecule has 3 heteroatoms. The number of hydrogen-bond acceptors (Lipinski definition) is 2. The Labute approximate surface area is 89.9 Å². The van der Waals surface area contributed by atoms with Gasteiger partial charge in [-0.05, 0) is 38.5 Å². The lowest BCUT2D eigenvalue weighted by Crippen LogP contribution is -2.19. The third-order valence-corrected chi connectivity index (χ3v) is 2.43. The van der Waals surface area contributed by atoms with E-state index in [-0.39, 0.29) is 6.04 Å². The molecule has 0 bridgehead atoms. The van der Waals surface area contributed by atoms with Crippen LogP contribution in [0.4, 0.5) is 0 Å². The maximum Gasteiger partial charge on any atom is 0.120 e. The fourth-order valence-corrected chi connectivity index (χ4v) is 1.22. The van der Waals surface area contributed by atoms with Crippen molar-refractivity contribution in [3.05, 3.63) is 34.8 Å². The van der Waals surface area contributed by atoms with Crippen LogP contribution in [0.15, 0.2) is 27.7 Å². The summed E-state index contributed by atoms with van der Waals surface area (Å²) in [6, 6.07) is 4.18. The van der Waals surface area contributed by atoms with Crippen LogP contribution in [0.5, 0.6) is 0 Å². The molecule has 0 spiro atoms. The lowest BCUT2D eigenvalue weighted by molar-refractivity contribution is 0.424. The normalized spacial score (nSPS) is 14.4. The van der Waals surface area contributed by atoms with Crippen LogP contribution in [0.1, 0.15) is 31.4 Å². The maximum atomic E-state index is 5.56. The molecule has 1 heterocycles. The minimum Gasteiger partial charge on any atom is -0.465 e. The molecule has 1 rings (SSSR count). The van der Waals surface area contributed by atoms with Gasteiger partial charge in [0.05, 0.1) is 6.04 Å². The van der Waals surface area contributed by atoms with Crippen molar-refractivity contribution in [1.82, 2.24) is 5.32 Å². The first-order valence-corrected chi connectivity index (χ1v) is 5.12. The number of nitrogens with one attached hydrogen (secondary N) is 1. The van der Waals surface area contributed by atoms with Crippen molar-refractivity contribution >= 4 is 11.6 Å². The van der Waals surface area contributed by atoms with Gasteiger partial charge in [-0.25, -0.2) is 0 Å². The van der Waals surface area contributed by atoms with Gasteiger partial charge in [0.25, 0.3) is 0 Å². The van der Waals surface area contributed by atoms with Gasteiger partial charge in [-0.3, -0.25) is 0 Å². The Morgan fingerprint density at radius 3 is 2.86 bits per heavy atom. The van der Waals surface area contributed by atoms with Crippen LogP contribution in [0, 0.1) is 6.92 Å². The molecular formula is C11H16ClNO. The van der Waals surface area contributed by atoms with Gasteiger partial charge < -0.3 is 9.73 Å². The van der Waals surface area contributed by atoms with Gasteiger partial charge >= 0.3 is 0 Å². The van der Waals surface area contributed by atoms with Crippen molar-refractivity contribution in [2.45, 2.75) is 26.8 Å². The highest BCUT2D eigenvalue weighted by Crippen LogP contribution is 2.15. The monoisotopic (exact) mass is 213 g/mol. The van der Waals surface area contributed by atoms with Gasteiger partial charge in [0.2, 0.25) is 0 Å². The Hall–Kier alpha value is -0.730. The fourth-order valence-electron chi connectivity index (χ4n) is 1.14. The number of halogens is 1. The van der Waals surface area contributed by atoms with Gasteiger partial charge in [0, 0.05) is 12.1 Å². The zero-order valence-corrected chi connectivity index (χ0v) is 9.56. The van der Waals surface area contributed by atoms with E-state index in [1.807, 2.05) is 26.0 Å². The average Bonchev–Trinajstić information content (AvgIpc) is 2.60. The zero-order valence-electron chi connectivity index (χ0n) is 8.80. The molecule has 0 aliphatic heterocycles. The van der Waals surface area contributed by atoms with Crippen LogP contribution in [-0.2, 0) is 0 Å². The van der Waals surface area contributed by atoms with Crippen LogP contribution in [0.2, 0.25) is 0 Å². The first-order valence-electron chi connectivity index (χ1n) is 4.69. The second-order valence-corrected chi connectivity index (χ2v) is 3.72. The van der Waals surface area contributed by atoms with Crippen molar-refractivity contribution < 1.29 is 4.42 Å². The van der Waals surface area contributed by atoms with Gasteiger partial charge in [0.1, 0.15) is 11.5 Å². The highest BCUT2D eigenvalue weighted by Gasteiger charge is 2.07. The van der Waals surface area contributed by atoms with E-state index in [0.29, 0.717) is 0 Å². The molecule has 0 aliphatic carbocycles. The van der Waals surface area contributed by atoms with E-state index >= 15 is 0 Å². The summed E-state index contributed by atoms with van der Waals surface area (Å²) in [4.78, 5) is 0. The molecule has 1 unspecified atom stereocenters. The summed E-state index contributed by atoms with van der Waals surface area (Å²) in [5.41, 5.74) is 2.70. The number of hydrogen-bond donors (Lipinski definition) is 1. The molecule has 1 N–H and O–H groups in total. The average molecular weight is 214 g/mol. The lowest BCUT2D eigenvalue weighted by Gasteiger charge is -2.10. The molecule has 2 nitrogen and oxygen atoms in total. The molecule has 0 amide bonds. The zero-order chi connectivity index (χ0) is 10.6. The topological polar surface area (TPSA) is 25.2 Å². The molecule has 1 aromatic heterocycles. The van der Waals surface area contributed by atoms with Crippen molar-refractivity contribution in [2.24, 2.45) is 0 Å². The van der Waals surface area contributed by atoms with Gasteiger partial charge in [-0.15, -0.1) is 0 Å². The summed E-state index contributed by atoms with van der Waals surface area (Å²) < 4.78 is 5.50. The number of furan rings is 1. The minimum absolute atomic E-state index is 0.218. The molecular weight excluding hydrogens is 198 g/mol. The van der Waals surface area contributed by atoms with E-state index in [0.717, 1.165) is 23.6 Å². The molecule has 0 aliphatic rings. The Balaban J connectivity index is 2.47. The highest BCUT2D eigenvalue weighted by molar-refractivity contribution is 6.25. The second kappa shape index (κ2) is 5.23. The summed E-state index contributed by atoms with van der Waals surface area (Å²) in [5.74, 6) is 1.91. The number of rotatable bonds is 4. The fraction of sp³-hybridized carbons (Fsp3) is 0.455. The first-order chi connectivity index (χ1) is 6.63. The molecule has 14 heavy (non-hydrogen) atoms. The SMILES string of the molecule is C/C(=C\Cl)CNC(C)c1ccc(C)o1. The second-order valence-electron chi connectivity index (χ2n) is 3.51. The quantitative estimate of drug-likeness (QED) is 0.830. The van der Waals surface area contributed by atoms with Gasteiger partial charge in [0.15, 0.2) is 0 Å². The van der Waals surface area contributed by atoms with Crippen LogP contribution in [0.3, 0.4) is 0 Å². The molecule has 0 fully saturated rings. The molecule has 1 aromatic rings. The first kappa shape index (κ1) is 11.3. The Kier molecular flexibility index (Phi) is 4.23. The predicted octanol–water partition coefficient (Wildman–Crippen LogP) is 3.38. The number of aryl methyl sites for hydroxylation is 1. The Morgan fingerprint density at radius 1 is 1.64 bits per heavy atom. The summed E-state index contributed by atoms with van der Waals surface area (Å²) in [6.45, 7) is 6.78. The maximum absolute atomic E-state index is 5.56. The summed E-state index contributed by atoms with van der Waals surface area (Å²) in [7, 11) is 0. The molecule has 0 saturated heterocycles. The van der Waals surface area contributed by atoms with Crippen LogP contribution in [-0.4, -0.2) is 6.54 Å². The van der Waals surface area contributed by atoms with Crippen molar-refractivity contribution in [3.63, 3.8) is 0 Å². The smallest absolute Gasteiger partial charge is 0.120 e. The van der Waals surface area contributed by atoms with Gasteiger partial charge in [-0.2, -0.15) is 0 Å². The summed E-state index contributed by atoms with van der Waals surface area (Å²) in [5, 5.41) is 3.32. The van der Waals surface area contributed by atoms with E-state index < -0.39 is 0 Å².